The molecule has 1 amide bonds. The zero-order valence-corrected chi connectivity index (χ0v) is 15.5. The number of nitrogens with one attached hydrogen (secondary N) is 1. The molecule has 3 rings (SSSR count). The minimum Gasteiger partial charge on any atom is -0.507 e. The number of phenols is 1. The molecule has 1 aromatic heterocycles. The predicted molar refractivity (Wildman–Crippen MR) is 99.8 cm³/mol. The summed E-state index contributed by atoms with van der Waals surface area (Å²) in [5.41, 5.74) is 3.42. The van der Waals surface area contributed by atoms with Gasteiger partial charge in [-0.25, -0.2) is 5.43 Å². The number of hydrogen-bond donors (Lipinski definition) is 2. The first-order valence-corrected chi connectivity index (χ1v) is 8.53. The van der Waals surface area contributed by atoms with E-state index in [1.165, 1.54) is 12.3 Å². The molecular formula is C16H12BrClN6O2. The number of hydrazone groups is 1. The summed E-state index contributed by atoms with van der Waals surface area (Å²) in [7, 11) is 0. The Bertz CT molecular complexity index is 975. The van der Waals surface area contributed by atoms with Crippen molar-refractivity contribution in [2.75, 3.05) is 0 Å². The summed E-state index contributed by atoms with van der Waals surface area (Å²) in [6.45, 7) is -0.167. The summed E-state index contributed by atoms with van der Waals surface area (Å²) in [4.78, 5) is 13.1. The third-order valence-corrected chi connectivity index (χ3v) is 4.06. The van der Waals surface area contributed by atoms with Gasteiger partial charge in [0.1, 0.15) is 12.3 Å². The molecule has 3 aromatic rings. The van der Waals surface area contributed by atoms with Crippen LogP contribution in [0.1, 0.15) is 5.56 Å². The van der Waals surface area contributed by atoms with Crippen molar-refractivity contribution in [1.82, 2.24) is 25.6 Å². The van der Waals surface area contributed by atoms with Crippen molar-refractivity contribution in [2.24, 2.45) is 5.10 Å². The zero-order chi connectivity index (χ0) is 18.5. The number of aromatic nitrogens is 4. The maximum atomic E-state index is 11.9. The number of hydrogen-bond acceptors (Lipinski definition) is 6. The van der Waals surface area contributed by atoms with Gasteiger partial charge < -0.3 is 5.11 Å². The number of phenolic OH excluding ortho intramolecular Hbond substituents is 1. The van der Waals surface area contributed by atoms with Crippen LogP contribution in [0.4, 0.5) is 0 Å². The Morgan fingerprint density at radius 2 is 2.15 bits per heavy atom. The fraction of sp³-hybridized carbons (Fsp3) is 0.0625. The van der Waals surface area contributed by atoms with Crippen LogP contribution < -0.4 is 5.43 Å². The molecule has 132 valence electrons. The van der Waals surface area contributed by atoms with Gasteiger partial charge in [-0.15, -0.1) is 10.2 Å². The molecule has 0 atom stereocenters. The van der Waals surface area contributed by atoms with E-state index in [0.29, 0.717) is 22.0 Å². The van der Waals surface area contributed by atoms with E-state index < -0.39 is 5.91 Å². The molecule has 1 heterocycles. The highest BCUT2D eigenvalue weighted by molar-refractivity contribution is 9.10. The molecule has 0 fully saturated rings. The standard InChI is InChI=1S/C16H12BrClN6O2/c17-11-5-6-14(25)10(7-11)8-19-20-15(26)9-24-22-16(21-23-24)12-3-1-2-4-13(12)18/h1-8,25H,9H2,(H,20,26)/b19-8-. The summed E-state index contributed by atoms with van der Waals surface area (Å²) >= 11 is 9.38. The Morgan fingerprint density at radius 3 is 2.96 bits per heavy atom. The molecule has 10 heteroatoms. The minimum absolute atomic E-state index is 0.0496. The minimum atomic E-state index is -0.446. The van der Waals surface area contributed by atoms with E-state index in [1.807, 2.05) is 0 Å². The van der Waals surface area contributed by atoms with E-state index in [0.717, 1.165) is 9.27 Å². The maximum Gasteiger partial charge on any atom is 0.263 e. The van der Waals surface area contributed by atoms with E-state index in [4.69, 9.17) is 11.6 Å². The summed E-state index contributed by atoms with van der Waals surface area (Å²) in [6.07, 6.45) is 1.34. The molecule has 26 heavy (non-hydrogen) atoms. The van der Waals surface area contributed by atoms with Crippen molar-refractivity contribution >= 4 is 39.7 Å². The first kappa shape index (κ1) is 18.0. The highest BCUT2D eigenvalue weighted by Gasteiger charge is 2.11. The normalized spacial score (nSPS) is 11.0. The summed E-state index contributed by atoms with van der Waals surface area (Å²) < 4.78 is 0.780. The molecule has 0 aliphatic heterocycles. The van der Waals surface area contributed by atoms with Crippen LogP contribution in [0, 0.1) is 0 Å². The Morgan fingerprint density at radius 1 is 1.35 bits per heavy atom. The number of tetrazole rings is 1. The van der Waals surface area contributed by atoms with Gasteiger partial charge in [-0.05, 0) is 35.5 Å². The molecular weight excluding hydrogens is 424 g/mol. The van der Waals surface area contributed by atoms with Crippen molar-refractivity contribution in [3.05, 3.63) is 57.5 Å². The van der Waals surface area contributed by atoms with Gasteiger partial charge in [-0.1, -0.05) is 39.7 Å². The molecule has 2 aromatic carbocycles. The summed E-state index contributed by atoms with van der Waals surface area (Å²) in [5.74, 6) is -0.0710. The second kappa shape index (κ2) is 8.07. The third kappa shape index (κ3) is 4.44. The van der Waals surface area contributed by atoms with Crippen LogP contribution in [-0.4, -0.2) is 37.4 Å². The van der Waals surface area contributed by atoms with Gasteiger partial charge in [-0.2, -0.15) is 9.90 Å². The van der Waals surface area contributed by atoms with Crippen LogP contribution in [0.25, 0.3) is 11.4 Å². The van der Waals surface area contributed by atoms with Crippen LogP contribution in [0.5, 0.6) is 5.75 Å². The number of aromatic hydroxyl groups is 1. The fourth-order valence-electron chi connectivity index (χ4n) is 2.03. The fourth-order valence-corrected chi connectivity index (χ4v) is 2.63. The predicted octanol–water partition coefficient (Wildman–Crippen LogP) is 2.61. The van der Waals surface area contributed by atoms with Crippen molar-refractivity contribution in [2.45, 2.75) is 6.54 Å². The number of carbonyl (C=O) groups excluding carboxylic acids is 1. The number of benzene rings is 2. The van der Waals surface area contributed by atoms with Crippen molar-refractivity contribution < 1.29 is 9.90 Å². The van der Waals surface area contributed by atoms with Crippen molar-refractivity contribution in [1.29, 1.82) is 0 Å². The lowest BCUT2D eigenvalue weighted by molar-refractivity contribution is -0.122. The van der Waals surface area contributed by atoms with Crippen LogP contribution in [-0.2, 0) is 11.3 Å². The van der Waals surface area contributed by atoms with Crippen LogP contribution in [0.3, 0.4) is 0 Å². The van der Waals surface area contributed by atoms with Gasteiger partial charge in [-0.3, -0.25) is 4.79 Å². The first-order chi connectivity index (χ1) is 12.5. The van der Waals surface area contributed by atoms with Gasteiger partial charge in [0.15, 0.2) is 0 Å². The monoisotopic (exact) mass is 434 g/mol. The average Bonchev–Trinajstić information content (AvgIpc) is 3.06. The van der Waals surface area contributed by atoms with Gasteiger partial charge in [0.05, 0.1) is 11.2 Å². The lowest BCUT2D eigenvalue weighted by Gasteiger charge is -2.00. The third-order valence-electron chi connectivity index (χ3n) is 3.24. The van der Waals surface area contributed by atoms with Gasteiger partial charge in [0.2, 0.25) is 5.82 Å². The van der Waals surface area contributed by atoms with Crippen LogP contribution >= 0.6 is 27.5 Å². The lowest BCUT2D eigenvalue weighted by Crippen LogP contribution is -2.24. The van der Waals surface area contributed by atoms with Gasteiger partial charge in [0, 0.05) is 15.6 Å². The number of nitrogens with zero attached hydrogens (tertiary/aromatic N) is 5. The Labute approximate surface area is 161 Å². The van der Waals surface area contributed by atoms with Gasteiger partial charge in [0.25, 0.3) is 5.91 Å². The highest BCUT2D eigenvalue weighted by Crippen LogP contribution is 2.23. The van der Waals surface area contributed by atoms with E-state index in [2.05, 4.69) is 41.9 Å². The van der Waals surface area contributed by atoms with Crippen molar-refractivity contribution in [3.8, 4) is 17.1 Å². The number of rotatable bonds is 5. The maximum absolute atomic E-state index is 11.9. The zero-order valence-electron chi connectivity index (χ0n) is 13.2. The van der Waals surface area contributed by atoms with E-state index >= 15 is 0 Å². The quantitative estimate of drug-likeness (QED) is 0.473. The Balaban J connectivity index is 1.61. The molecule has 8 nitrogen and oxygen atoms in total. The highest BCUT2D eigenvalue weighted by atomic mass is 79.9. The van der Waals surface area contributed by atoms with E-state index in [-0.39, 0.29) is 12.3 Å². The first-order valence-electron chi connectivity index (χ1n) is 7.36. The molecule has 0 aliphatic carbocycles. The average molecular weight is 436 g/mol. The second-order valence-electron chi connectivity index (χ2n) is 5.12. The number of amides is 1. The molecule has 2 N–H and O–H groups in total. The van der Waals surface area contributed by atoms with Crippen LogP contribution in [0.2, 0.25) is 5.02 Å². The van der Waals surface area contributed by atoms with Crippen LogP contribution in [0.15, 0.2) is 52.0 Å². The Hall–Kier alpha value is -2.78. The smallest absolute Gasteiger partial charge is 0.263 e. The van der Waals surface area contributed by atoms with Gasteiger partial charge >= 0.3 is 0 Å². The number of carbonyl (C=O) groups is 1. The molecule has 0 bridgehead atoms. The molecule has 0 spiro atoms. The topological polar surface area (TPSA) is 105 Å². The SMILES string of the molecule is O=C(Cn1nnc(-c2ccccc2Cl)n1)N/N=C\c1cc(Br)ccc1O. The molecule has 0 saturated heterocycles. The lowest BCUT2D eigenvalue weighted by atomic mass is 10.2. The molecule has 0 radical (unpaired) electrons. The molecule has 0 aliphatic rings. The Kier molecular flexibility index (Phi) is 5.59. The van der Waals surface area contributed by atoms with E-state index in [9.17, 15) is 9.90 Å². The second-order valence-corrected chi connectivity index (χ2v) is 6.44. The van der Waals surface area contributed by atoms with E-state index in [1.54, 1.807) is 36.4 Å². The summed E-state index contributed by atoms with van der Waals surface area (Å²) in [6, 6.07) is 12.0. The number of halogens is 2. The van der Waals surface area contributed by atoms with Crippen molar-refractivity contribution in [3.63, 3.8) is 0 Å². The largest absolute Gasteiger partial charge is 0.507 e. The molecule has 0 unspecified atom stereocenters. The molecule has 0 saturated carbocycles. The summed E-state index contributed by atoms with van der Waals surface area (Å²) in [5, 5.41) is 25.8.